The third kappa shape index (κ3) is 11.2. The van der Waals surface area contributed by atoms with E-state index in [1.165, 1.54) is 35.2 Å². The smallest absolute Gasteiger partial charge is 0.478 e. The SMILES string of the molecule is CCNC(=O)[C@H]1O[C@@H](n2cnc3c(NCC(c4ccccc4)c4ccccc4)nc(N4CC[C@@H](NC(=O)N[C@@H]5CCN(C(=O)c6ccc(C(=O)O)cc6)C5)C4)nc32)[C@H](O)[C@@H]1O.O=C(O)C(F)(F)F. The minimum Gasteiger partial charge on any atom is -0.478 e. The monoisotopic (exact) mass is 946 g/mol. The summed E-state index contributed by atoms with van der Waals surface area (Å²) in [6, 6.07) is 25.1. The van der Waals surface area contributed by atoms with Gasteiger partial charge in [0.1, 0.15) is 12.2 Å². The van der Waals surface area contributed by atoms with Crippen LogP contribution in [0.15, 0.2) is 91.3 Å². The summed E-state index contributed by atoms with van der Waals surface area (Å²) in [6.45, 7) is 4.16. The average Bonchev–Trinajstić information content (AvgIpc) is 4.14. The number of aliphatic hydroxyl groups excluding tert-OH is 2. The lowest BCUT2D eigenvalue weighted by Gasteiger charge is -2.22. The highest BCUT2D eigenvalue weighted by Crippen LogP contribution is 2.35. The van der Waals surface area contributed by atoms with E-state index in [0.717, 1.165) is 11.1 Å². The maximum Gasteiger partial charge on any atom is 0.490 e. The molecule has 360 valence electrons. The number of ether oxygens (including phenoxy) is 1. The Bertz CT molecular complexity index is 2550. The number of hydrogen-bond donors (Lipinski definition) is 8. The third-order valence-corrected chi connectivity index (χ3v) is 11.6. The molecule has 5 heterocycles. The Labute approximate surface area is 386 Å². The van der Waals surface area contributed by atoms with Gasteiger partial charge in [-0.05, 0) is 55.2 Å². The molecule has 0 unspecified atom stereocenters. The van der Waals surface area contributed by atoms with Crippen LogP contribution in [-0.2, 0) is 14.3 Å². The number of amides is 4. The molecule has 5 aromatic rings. The third-order valence-electron chi connectivity index (χ3n) is 11.6. The number of likely N-dealkylation sites (N-methyl/N-ethyl adjacent to an activating group) is 1. The van der Waals surface area contributed by atoms with Gasteiger partial charge in [0.15, 0.2) is 29.3 Å². The fourth-order valence-corrected chi connectivity index (χ4v) is 8.21. The number of aliphatic hydroxyl groups is 2. The number of rotatable bonds is 13. The molecule has 23 heteroatoms. The highest BCUT2D eigenvalue weighted by atomic mass is 19.4. The number of carboxylic acids is 2. The lowest BCUT2D eigenvalue weighted by molar-refractivity contribution is -0.192. The first-order chi connectivity index (χ1) is 32.5. The van der Waals surface area contributed by atoms with Crippen LogP contribution in [0.3, 0.4) is 0 Å². The normalized spacial score (nSPS) is 21.3. The molecule has 3 aliphatic rings. The first-order valence-corrected chi connectivity index (χ1v) is 21.6. The largest absolute Gasteiger partial charge is 0.490 e. The fourth-order valence-electron chi connectivity index (χ4n) is 8.21. The van der Waals surface area contributed by atoms with E-state index in [4.69, 9.17) is 24.6 Å². The van der Waals surface area contributed by atoms with E-state index < -0.39 is 48.6 Å². The van der Waals surface area contributed by atoms with Gasteiger partial charge in [0.25, 0.3) is 11.8 Å². The first-order valence-electron chi connectivity index (χ1n) is 21.6. The number of alkyl halides is 3. The molecule has 8 rings (SSSR count). The van der Waals surface area contributed by atoms with Crippen molar-refractivity contribution in [2.75, 3.05) is 49.5 Å². The maximum atomic E-state index is 13.2. The van der Waals surface area contributed by atoms with Gasteiger partial charge in [-0.2, -0.15) is 23.1 Å². The van der Waals surface area contributed by atoms with E-state index in [2.05, 4.69) is 50.5 Å². The summed E-state index contributed by atoms with van der Waals surface area (Å²) in [4.78, 5) is 77.2. The van der Waals surface area contributed by atoms with Gasteiger partial charge in [-0.3, -0.25) is 14.2 Å². The predicted octanol–water partition coefficient (Wildman–Crippen LogP) is 2.95. The first kappa shape index (κ1) is 48.6. The zero-order valence-electron chi connectivity index (χ0n) is 36.4. The zero-order chi connectivity index (χ0) is 48.7. The molecule has 20 nitrogen and oxygen atoms in total. The zero-order valence-corrected chi connectivity index (χ0v) is 36.4. The lowest BCUT2D eigenvalue weighted by Crippen LogP contribution is -2.48. The van der Waals surface area contributed by atoms with Gasteiger partial charge in [0.05, 0.1) is 11.9 Å². The van der Waals surface area contributed by atoms with Gasteiger partial charge < -0.3 is 56.2 Å². The van der Waals surface area contributed by atoms with Gasteiger partial charge >= 0.3 is 24.1 Å². The van der Waals surface area contributed by atoms with Crippen LogP contribution in [0.4, 0.5) is 29.7 Å². The molecule has 0 aliphatic carbocycles. The number of hydrogen-bond acceptors (Lipinski definition) is 13. The van der Waals surface area contributed by atoms with Crippen molar-refractivity contribution in [2.45, 2.75) is 68.5 Å². The van der Waals surface area contributed by atoms with Crippen LogP contribution < -0.4 is 26.2 Å². The molecule has 4 amide bonds. The highest BCUT2D eigenvalue weighted by molar-refractivity contribution is 5.96. The number of urea groups is 1. The number of carbonyl (C=O) groups excluding carboxylic acids is 3. The number of benzene rings is 3. The van der Waals surface area contributed by atoms with Gasteiger partial charge in [-0.15, -0.1) is 0 Å². The van der Waals surface area contributed by atoms with E-state index in [0.29, 0.717) is 80.6 Å². The minimum atomic E-state index is -5.08. The molecule has 3 fully saturated rings. The van der Waals surface area contributed by atoms with Gasteiger partial charge in [0.2, 0.25) is 5.95 Å². The molecule has 3 saturated heterocycles. The fraction of sp³-hybridized carbons (Fsp3) is 0.378. The Morgan fingerprint density at radius 1 is 0.809 bits per heavy atom. The van der Waals surface area contributed by atoms with Crippen LogP contribution >= 0.6 is 0 Å². The second-order valence-corrected chi connectivity index (χ2v) is 16.2. The predicted molar refractivity (Wildman–Crippen MR) is 237 cm³/mol. The lowest BCUT2D eigenvalue weighted by atomic mass is 9.91. The molecule has 3 aromatic carbocycles. The van der Waals surface area contributed by atoms with E-state index in [1.54, 1.807) is 11.8 Å². The summed E-state index contributed by atoms with van der Waals surface area (Å²) in [7, 11) is 0. The van der Waals surface area contributed by atoms with Crippen LogP contribution in [-0.4, -0.2) is 150 Å². The standard InChI is InChI=1S/C43H48N10O8.C2HF3O2/c1-2-44-38(56)35-33(54)34(55)40(61-35)53-24-46-32-36(45-21-31(25-9-5-3-6-10-25)26-11-7-4-8-12-26)49-42(50-37(32)53)52-20-18-30(23-52)48-43(60)47-29-17-19-51(22-29)39(57)27-13-15-28(16-14-27)41(58)59;3-2(4,5)1(6)7/h3-16,24,29-31,33-35,40,54-55H,2,17-23H2,1H3,(H,44,56)(H,58,59)(H,45,49,50)(H2,47,48,60);(H,6,7)/t29-,30-,33+,34-,35+,40-;/m1./s1. The number of halogens is 3. The molecular weight excluding hydrogens is 898 g/mol. The topological polar surface area (TPSA) is 274 Å². The number of carbonyl (C=O) groups is 5. The summed E-state index contributed by atoms with van der Waals surface area (Å²) in [5, 5.41) is 50.5. The van der Waals surface area contributed by atoms with Gasteiger partial charge in [-0.25, -0.2) is 19.4 Å². The van der Waals surface area contributed by atoms with E-state index in [-0.39, 0.29) is 35.5 Å². The number of fused-ring (bicyclic) bond motifs is 1. The Hall–Kier alpha value is -7.37. The van der Waals surface area contributed by atoms with Crippen molar-refractivity contribution in [3.8, 4) is 0 Å². The van der Waals surface area contributed by atoms with Crippen molar-refractivity contribution < 1.29 is 62.3 Å². The quantitative estimate of drug-likeness (QED) is 0.0843. The number of anilines is 2. The summed E-state index contributed by atoms with van der Waals surface area (Å²) in [6.07, 6.45) is -7.92. The number of imidazole rings is 1. The van der Waals surface area contributed by atoms with Crippen molar-refractivity contribution >= 4 is 52.7 Å². The Balaban J connectivity index is 0.000000908. The molecule has 68 heavy (non-hydrogen) atoms. The summed E-state index contributed by atoms with van der Waals surface area (Å²) < 4.78 is 39.2. The molecule has 2 aromatic heterocycles. The average molecular weight is 947 g/mol. The molecule has 0 radical (unpaired) electrons. The summed E-state index contributed by atoms with van der Waals surface area (Å²) >= 11 is 0. The van der Waals surface area contributed by atoms with Crippen molar-refractivity contribution in [3.05, 3.63) is 114 Å². The van der Waals surface area contributed by atoms with E-state index >= 15 is 0 Å². The Morgan fingerprint density at radius 2 is 1.40 bits per heavy atom. The molecule has 6 atom stereocenters. The molecule has 0 saturated carbocycles. The van der Waals surface area contributed by atoms with Crippen LogP contribution in [0.5, 0.6) is 0 Å². The van der Waals surface area contributed by atoms with Crippen LogP contribution in [0.1, 0.15) is 63.8 Å². The number of aromatic nitrogens is 4. The number of nitrogens with zero attached hydrogens (tertiary/aromatic N) is 6. The molecule has 0 bridgehead atoms. The molecule has 0 spiro atoms. The number of aliphatic carboxylic acids is 1. The Morgan fingerprint density at radius 3 is 1.99 bits per heavy atom. The second kappa shape index (κ2) is 21.1. The van der Waals surface area contributed by atoms with Crippen molar-refractivity contribution in [1.82, 2.24) is 40.4 Å². The van der Waals surface area contributed by atoms with Crippen molar-refractivity contribution in [3.63, 3.8) is 0 Å². The highest BCUT2D eigenvalue weighted by Gasteiger charge is 2.48. The minimum absolute atomic E-state index is 0.0553. The molecule has 3 aliphatic heterocycles. The van der Waals surface area contributed by atoms with E-state index in [9.17, 15) is 47.7 Å². The second-order valence-electron chi connectivity index (χ2n) is 16.2. The van der Waals surface area contributed by atoms with Crippen molar-refractivity contribution in [1.29, 1.82) is 0 Å². The van der Waals surface area contributed by atoms with E-state index in [1.807, 2.05) is 41.3 Å². The maximum absolute atomic E-state index is 13.2. The van der Waals surface area contributed by atoms with Gasteiger partial charge in [-0.1, -0.05) is 60.7 Å². The Kier molecular flexibility index (Phi) is 15.0. The number of likely N-dealkylation sites (tertiary alicyclic amines) is 1. The summed E-state index contributed by atoms with van der Waals surface area (Å²) in [5.41, 5.74) is 3.37. The van der Waals surface area contributed by atoms with Crippen LogP contribution in [0, 0.1) is 0 Å². The number of nitrogens with one attached hydrogen (secondary N) is 4. The van der Waals surface area contributed by atoms with Crippen LogP contribution in [0.25, 0.3) is 11.2 Å². The van der Waals surface area contributed by atoms with Gasteiger partial charge in [0, 0.05) is 62.8 Å². The van der Waals surface area contributed by atoms with Crippen molar-refractivity contribution in [2.24, 2.45) is 0 Å². The van der Waals surface area contributed by atoms with Crippen LogP contribution in [0.2, 0.25) is 0 Å². The number of carboxylic acid groups (broad SMARTS) is 2. The molecular formula is C45H49F3N10O10. The number of aromatic carboxylic acids is 1. The summed E-state index contributed by atoms with van der Waals surface area (Å²) in [5.74, 6) is -3.89. The molecule has 8 N–H and O–H groups in total.